The number of ether oxygens (including phenoxy) is 1. The van der Waals surface area contributed by atoms with Gasteiger partial charge in [0.25, 0.3) is 0 Å². The summed E-state index contributed by atoms with van der Waals surface area (Å²) in [5, 5.41) is 3.63. The second-order valence-electron chi connectivity index (χ2n) is 7.82. The van der Waals surface area contributed by atoms with E-state index in [1.54, 1.807) is 4.90 Å². The lowest BCUT2D eigenvalue weighted by Crippen LogP contribution is -2.41. The van der Waals surface area contributed by atoms with Crippen LogP contribution in [-0.2, 0) is 4.74 Å². The third-order valence-corrected chi connectivity index (χ3v) is 4.59. The molecule has 0 aromatic carbocycles. The lowest BCUT2D eigenvalue weighted by molar-refractivity contribution is 0.0298. The Kier molecular flexibility index (Phi) is 5.53. The Hall–Kier alpha value is -0.770. The van der Waals surface area contributed by atoms with Crippen LogP contribution in [0.25, 0.3) is 0 Å². The van der Waals surface area contributed by atoms with Gasteiger partial charge in [-0.1, -0.05) is 12.8 Å². The molecule has 1 amide bonds. The van der Waals surface area contributed by atoms with Crippen LogP contribution in [0.2, 0.25) is 0 Å². The van der Waals surface area contributed by atoms with Gasteiger partial charge in [-0.2, -0.15) is 0 Å². The molecule has 2 aliphatic rings. The normalized spacial score (nSPS) is 26.5. The molecule has 0 spiro atoms. The predicted octanol–water partition coefficient (Wildman–Crippen LogP) is 3.41. The monoisotopic (exact) mass is 296 g/mol. The highest BCUT2D eigenvalue weighted by molar-refractivity contribution is 5.67. The zero-order chi connectivity index (χ0) is 15.5. The summed E-state index contributed by atoms with van der Waals surface area (Å²) in [6.45, 7) is 7.27. The van der Waals surface area contributed by atoms with Crippen molar-refractivity contribution >= 4 is 6.09 Å². The van der Waals surface area contributed by atoms with Crippen molar-refractivity contribution in [2.75, 3.05) is 20.1 Å². The molecular formula is C17H32N2O2. The first-order chi connectivity index (χ1) is 9.85. The third-order valence-electron chi connectivity index (χ3n) is 4.59. The largest absolute Gasteiger partial charge is 0.444 e. The lowest BCUT2D eigenvalue weighted by Gasteiger charge is -2.31. The van der Waals surface area contributed by atoms with Crippen LogP contribution in [0.15, 0.2) is 0 Å². The third kappa shape index (κ3) is 5.85. The molecule has 122 valence electrons. The average molecular weight is 296 g/mol. The first-order valence-electron chi connectivity index (χ1n) is 8.52. The molecule has 0 saturated heterocycles. The van der Waals surface area contributed by atoms with Crippen LogP contribution in [0, 0.1) is 11.8 Å². The van der Waals surface area contributed by atoms with Gasteiger partial charge in [0, 0.05) is 26.2 Å². The lowest BCUT2D eigenvalue weighted by atomic mass is 9.83. The summed E-state index contributed by atoms with van der Waals surface area (Å²) in [6.07, 6.45) is 8.10. The number of amides is 1. The second-order valence-corrected chi connectivity index (χ2v) is 7.82. The minimum absolute atomic E-state index is 0.233. The molecule has 4 heteroatoms. The van der Waals surface area contributed by atoms with Gasteiger partial charge in [-0.3, -0.25) is 0 Å². The smallest absolute Gasteiger partial charge is 0.410 e. The van der Waals surface area contributed by atoms with Crippen molar-refractivity contribution in [1.29, 1.82) is 0 Å². The van der Waals surface area contributed by atoms with Crippen molar-refractivity contribution in [2.24, 2.45) is 11.8 Å². The number of carbonyl (C=O) groups is 1. The molecule has 0 heterocycles. The summed E-state index contributed by atoms with van der Waals surface area (Å²) in [7, 11) is 1.81. The molecule has 2 aliphatic carbocycles. The van der Waals surface area contributed by atoms with E-state index in [0.29, 0.717) is 12.6 Å². The van der Waals surface area contributed by atoms with Crippen LogP contribution < -0.4 is 5.32 Å². The Balaban J connectivity index is 1.63. The van der Waals surface area contributed by atoms with E-state index < -0.39 is 5.60 Å². The first kappa shape index (κ1) is 16.6. The van der Waals surface area contributed by atoms with E-state index in [4.69, 9.17) is 4.74 Å². The Bertz CT molecular complexity index is 347. The number of likely N-dealkylation sites (N-methyl/N-ethyl adjacent to an activating group) is 1. The second kappa shape index (κ2) is 6.99. The van der Waals surface area contributed by atoms with Crippen LogP contribution in [0.4, 0.5) is 4.79 Å². The number of carbonyl (C=O) groups excluding carboxylic acids is 1. The van der Waals surface area contributed by atoms with Gasteiger partial charge < -0.3 is 15.0 Å². The van der Waals surface area contributed by atoms with Gasteiger partial charge in [-0.15, -0.1) is 0 Å². The van der Waals surface area contributed by atoms with Crippen LogP contribution in [0.5, 0.6) is 0 Å². The molecule has 2 fully saturated rings. The maximum absolute atomic E-state index is 11.9. The number of rotatable bonds is 5. The van der Waals surface area contributed by atoms with Gasteiger partial charge in [0.1, 0.15) is 5.60 Å². The zero-order valence-electron chi connectivity index (χ0n) is 14.2. The number of hydrogen-bond acceptors (Lipinski definition) is 3. The summed E-state index contributed by atoms with van der Waals surface area (Å²) in [5.74, 6) is 1.99. The fourth-order valence-corrected chi connectivity index (χ4v) is 3.28. The van der Waals surface area contributed by atoms with Crippen molar-refractivity contribution in [1.82, 2.24) is 10.2 Å². The highest BCUT2D eigenvalue weighted by Gasteiger charge is 2.34. The number of nitrogens with zero attached hydrogens (tertiary/aromatic N) is 1. The molecule has 21 heavy (non-hydrogen) atoms. The molecule has 2 rings (SSSR count). The Morgan fingerprint density at radius 2 is 1.90 bits per heavy atom. The quantitative estimate of drug-likeness (QED) is 0.845. The van der Waals surface area contributed by atoms with Crippen molar-refractivity contribution < 1.29 is 9.53 Å². The molecule has 2 atom stereocenters. The molecule has 4 nitrogen and oxygen atoms in total. The zero-order valence-corrected chi connectivity index (χ0v) is 14.2. The van der Waals surface area contributed by atoms with Gasteiger partial charge in [-0.05, 0) is 58.3 Å². The maximum atomic E-state index is 11.9. The van der Waals surface area contributed by atoms with Crippen LogP contribution >= 0.6 is 0 Å². The molecule has 2 unspecified atom stereocenters. The first-order valence-corrected chi connectivity index (χ1v) is 8.52. The highest BCUT2D eigenvalue weighted by Crippen LogP contribution is 2.43. The van der Waals surface area contributed by atoms with E-state index in [0.717, 1.165) is 18.4 Å². The standard InChI is InChI=1S/C17H32N2O2/c1-17(2,3)21-16(20)19(4)11-10-18-15-7-5-6-14(12-15)13-8-9-13/h13-15,18H,5-12H2,1-4H3. The maximum Gasteiger partial charge on any atom is 0.410 e. The van der Waals surface area contributed by atoms with E-state index in [-0.39, 0.29) is 6.09 Å². The van der Waals surface area contributed by atoms with E-state index in [2.05, 4.69) is 5.32 Å². The predicted molar refractivity (Wildman–Crippen MR) is 85.3 cm³/mol. The molecule has 0 radical (unpaired) electrons. The van der Waals surface area contributed by atoms with Gasteiger partial charge in [0.05, 0.1) is 0 Å². The minimum Gasteiger partial charge on any atom is -0.444 e. The van der Waals surface area contributed by atoms with Crippen molar-refractivity contribution in [2.45, 2.75) is 70.9 Å². The van der Waals surface area contributed by atoms with E-state index in [9.17, 15) is 4.79 Å². The summed E-state index contributed by atoms with van der Waals surface area (Å²) in [6, 6.07) is 0.649. The summed E-state index contributed by atoms with van der Waals surface area (Å²) >= 11 is 0. The Labute approximate surface area is 129 Å². The topological polar surface area (TPSA) is 41.6 Å². The molecule has 0 aliphatic heterocycles. The highest BCUT2D eigenvalue weighted by atomic mass is 16.6. The fourth-order valence-electron chi connectivity index (χ4n) is 3.28. The van der Waals surface area contributed by atoms with Crippen LogP contribution in [-0.4, -0.2) is 42.8 Å². The molecular weight excluding hydrogens is 264 g/mol. The van der Waals surface area contributed by atoms with Crippen molar-refractivity contribution in [3.63, 3.8) is 0 Å². The SMILES string of the molecule is CN(CCNC1CCCC(C2CC2)C1)C(=O)OC(C)(C)C. The summed E-state index contributed by atoms with van der Waals surface area (Å²) < 4.78 is 5.36. The van der Waals surface area contributed by atoms with Gasteiger partial charge >= 0.3 is 6.09 Å². The van der Waals surface area contributed by atoms with Crippen LogP contribution in [0.3, 0.4) is 0 Å². The van der Waals surface area contributed by atoms with E-state index in [1.807, 2.05) is 27.8 Å². The summed E-state index contributed by atoms with van der Waals surface area (Å²) in [5.41, 5.74) is -0.417. The molecule has 0 aromatic heterocycles. The molecule has 0 bridgehead atoms. The molecule has 2 saturated carbocycles. The minimum atomic E-state index is -0.417. The van der Waals surface area contributed by atoms with Gasteiger partial charge in [0.2, 0.25) is 0 Å². The Morgan fingerprint density at radius 3 is 2.52 bits per heavy atom. The summed E-state index contributed by atoms with van der Waals surface area (Å²) in [4.78, 5) is 13.5. The van der Waals surface area contributed by atoms with E-state index >= 15 is 0 Å². The molecule has 1 N–H and O–H groups in total. The Morgan fingerprint density at radius 1 is 1.19 bits per heavy atom. The van der Waals surface area contributed by atoms with E-state index in [1.165, 1.54) is 38.5 Å². The molecule has 0 aromatic rings. The van der Waals surface area contributed by atoms with Gasteiger partial charge in [0.15, 0.2) is 0 Å². The number of hydrogen-bond donors (Lipinski definition) is 1. The van der Waals surface area contributed by atoms with Crippen LogP contribution in [0.1, 0.15) is 59.3 Å². The van der Waals surface area contributed by atoms with Crippen molar-refractivity contribution in [3.8, 4) is 0 Å². The van der Waals surface area contributed by atoms with Gasteiger partial charge in [-0.25, -0.2) is 4.79 Å². The average Bonchev–Trinajstić information content (AvgIpc) is 3.21. The number of nitrogens with one attached hydrogen (secondary N) is 1. The fraction of sp³-hybridized carbons (Fsp3) is 0.941. The van der Waals surface area contributed by atoms with Crippen molar-refractivity contribution in [3.05, 3.63) is 0 Å².